The van der Waals surface area contributed by atoms with Crippen molar-refractivity contribution in [2.45, 2.75) is 25.8 Å². The van der Waals surface area contributed by atoms with Crippen LogP contribution in [0.4, 0.5) is 0 Å². The topological polar surface area (TPSA) is 61.9 Å². The van der Waals surface area contributed by atoms with Crippen LogP contribution >= 0.6 is 11.6 Å². The molecule has 1 aromatic carbocycles. The van der Waals surface area contributed by atoms with Crippen LogP contribution in [-0.4, -0.2) is 32.5 Å². The molecular weight excluding hydrogens is 324 g/mol. The fourth-order valence-electron chi connectivity index (χ4n) is 3.38. The van der Waals surface area contributed by atoms with Crippen LogP contribution in [0.2, 0.25) is 5.02 Å². The van der Waals surface area contributed by atoms with Gasteiger partial charge in [0, 0.05) is 23.2 Å². The summed E-state index contributed by atoms with van der Waals surface area (Å²) < 4.78 is 0. The van der Waals surface area contributed by atoms with Gasteiger partial charge in [-0.1, -0.05) is 23.7 Å². The van der Waals surface area contributed by atoms with E-state index in [4.69, 9.17) is 11.6 Å². The molecule has 0 saturated carbocycles. The van der Waals surface area contributed by atoms with Crippen LogP contribution in [-0.2, 0) is 0 Å². The number of nitrogens with zero attached hydrogens (tertiary/aromatic N) is 3. The van der Waals surface area contributed by atoms with Crippen LogP contribution in [0, 0.1) is 6.92 Å². The van der Waals surface area contributed by atoms with E-state index in [-0.39, 0.29) is 11.9 Å². The molecule has 4 rings (SSSR count). The highest BCUT2D eigenvalue weighted by molar-refractivity contribution is 6.30. The third kappa shape index (κ3) is 2.55. The average molecular weight is 341 g/mol. The zero-order valence-electron chi connectivity index (χ0n) is 13.3. The summed E-state index contributed by atoms with van der Waals surface area (Å²) in [6.07, 6.45) is 3.56. The number of hydrogen-bond donors (Lipinski definition) is 1. The number of aryl methyl sites for hydroxylation is 1. The summed E-state index contributed by atoms with van der Waals surface area (Å²) in [6.45, 7) is 2.65. The molecule has 122 valence electrons. The monoisotopic (exact) mass is 340 g/mol. The number of carbonyl (C=O) groups is 1. The molecule has 1 amide bonds. The van der Waals surface area contributed by atoms with Crippen molar-refractivity contribution in [1.29, 1.82) is 0 Å². The number of halogens is 1. The smallest absolute Gasteiger partial charge is 0.255 e. The number of benzene rings is 1. The van der Waals surface area contributed by atoms with Gasteiger partial charge in [-0.3, -0.25) is 9.89 Å². The number of H-pyrrole nitrogens is 1. The first-order chi connectivity index (χ1) is 11.6. The molecule has 0 radical (unpaired) electrons. The minimum atomic E-state index is 0.00692. The van der Waals surface area contributed by atoms with E-state index in [2.05, 4.69) is 15.2 Å². The number of likely N-dealkylation sites (tertiary alicyclic amines) is 1. The zero-order chi connectivity index (χ0) is 16.7. The van der Waals surface area contributed by atoms with Gasteiger partial charge in [0.05, 0.1) is 17.3 Å². The van der Waals surface area contributed by atoms with Gasteiger partial charge in [0.15, 0.2) is 5.65 Å². The number of carbonyl (C=O) groups excluding carboxylic acids is 1. The number of nitrogens with one attached hydrogen (secondary N) is 1. The first-order valence-corrected chi connectivity index (χ1v) is 8.38. The van der Waals surface area contributed by atoms with Gasteiger partial charge >= 0.3 is 0 Å². The number of amides is 1. The van der Waals surface area contributed by atoms with Crippen molar-refractivity contribution in [3.63, 3.8) is 0 Å². The fraction of sp³-hybridized carbons (Fsp3) is 0.278. The summed E-state index contributed by atoms with van der Waals surface area (Å²) >= 11 is 6.11. The highest BCUT2D eigenvalue weighted by Crippen LogP contribution is 2.34. The van der Waals surface area contributed by atoms with E-state index in [0.717, 1.165) is 36.0 Å². The molecule has 6 heteroatoms. The second-order valence-corrected chi connectivity index (χ2v) is 6.58. The van der Waals surface area contributed by atoms with Crippen LogP contribution in [0.1, 0.15) is 40.5 Å². The summed E-state index contributed by atoms with van der Waals surface area (Å²) in [5.41, 5.74) is 3.24. The van der Waals surface area contributed by atoms with Gasteiger partial charge in [0.25, 0.3) is 5.91 Å². The van der Waals surface area contributed by atoms with Crippen LogP contribution in [0.3, 0.4) is 0 Å². The molecule has 3 heterocycles. The molecule has 0 aliphatic carbocycles. The molecule has 0 bridgehead atoms. The van der Waals surface area contributed by atoms with Crippen LogP contribution in [0.25, 0.3) is 11.0 Å². The number of pyridine rings is 1. The van der Waals surface area contributed by atoms with Crippen LogP contribution in [0.5, 0.6) is 0 Å². The molecule has 1 N–H and O–H groups in total. The van der Waals surface area contributed by atoms with E-state index < -0.39 is 0 Å². The number of hydrogen-bond acceptors (Lipinski definition) is 3. The van der Waals surface area contributed by atoms with Crippen molar-refractivity contribution < 1.29 is 4.79 Å². The molecule has 1 atom stereocenters. The largest absolute Gasteiger partial charge is 0.332 e. The molecule has 3 aromatic rings. The van der Waals surface area contributed by atoms with Gasteiger partial charge in [-0.25, -0.2) is 4.98 Å². The minimum Gasteiger partial charge on any atom is -0.332 e. The molecule has 2 aromatic heterocycles. The lowest BCUT2D eigenvalue weighted by Crippen LogP contribution is -2.30. The van der Waals surface area contributed by atoms with Crippen molar-refractivity contribution in [3.8, 4) is 0 Å². The standard InChI is InChI=1S/C18H17ClN4O/c1-11-15-9-13(10-20-17(15)22-21-11)18(24)23-7-3-6-16(23)12-4-2-5-14(19)8-12/h2,4-5,8-10,16H,3,6-7H2,1H3,(H,20,21,22)/t16-/m1/s1. The SMILES string of the molecule is Cc1n[nH]c2ncc(C(=O)N3CCC[C@@H]3c3cccc(Cl)c3)cc12. The van der Waals surface area contributed by atoms with Crippen molar-refractivity contribution >= 4 is 28.5 Å². The highest BCUT2D eigenvalue weighted by Gasteiger charge is 2.31. The van der Waals surface area contributed by atoms with E-state index >= 15 is 0 Å². The highest BCUT2D eigenvalue weighted by atomic mass is 35.5. The van der Waals surface area contributed by atoms with E-state index in [1.807, 2.05) is 42.2 Å². The Morgan fingerprint density at radius 1 is 1.38 bits per heavy atom. The van der Waals surface area contributed by atoms with Crippen LogP contribution < -0.4 is 0 Å². The Balaban J connectivity index is 1.67. The van der Waals surface area contributed by atoms with Crippen LogP contribution in [0.15, 0.2) is 36.5 Å². The summed E-state index contributed by atoms with van der Waals surface area (Å²) in [4.78, 5) is 19.3. The number of aromatic nitrogens is 3. The Morgan fingerprint density at radius 2 is 2.25 bits per heavy atom. The Bertz CT molecular complexity index is 920. The molecule has 5 nitrogen and oxygen atoms in total. The Kier molecular flexibility index (Phi) is 3.73. The van der Waals surface area contributed by atoms with E-state index in [9.17, 15) is 4.79 Å². The van der Waals surface area contributed by atoms with Gasteiger partial charge in [-0.2, -0.15) is 5.10 Å². The summed E-state index contributed by atoms with van der Waals surface area (Å²) in [6, 6.07) is 9.70. The fourth-order valence-corrected chi connectivity index (χ4v) is 3.58. The first kappa shape index (κ1) is 15.1. The maximum Gasteiger partial charge on any atom is 0.255 e. The zero-order valence-corrected chi connectivity index (χ0v) is 14.0. The summed E-state index contributed by atoms with van der Waals surface area (Å²) in [5, 5.41) is 8.59. The predicted octanol–water partition coefficient (Wildman–Crippen LogP) is 3.90. The molecule has 1 aliphatic rings. The second kappa shape index (κ2) is 5.91. The molecule has 1 fully saturated rings. The molecule has 0 spiro atoms. The minimum absolute atomic E-state index is 0.00692. The van der Waals surface area contributed by atoms with Crippen molar-refractivity contribution in [2.24, 2.45) is 0 Å². The van der Waals surface area contributed by atoms with Gasteiger partial charge in [0.1, 0.15) is 0 Å². The summed E-state index contributed by atoms with van der Waals surface area (Å²) in [7, 11) is 0. The third-order valence-electron chi connectivity index (χ3n) is 4.60. The van der Waals surface area contributed by atoms with E-state index in [1.165, 1.54) is 0 Å². The number of aromatic amines is 1. The lowest BCUT2D eigenvalue weighted by atomic mass is 10.0. The Hall–Kier alpha value is -2.40. The molecular formula is C18H17ClN4O. The molecule has 1 aliphatic heterocycles. The second-order valence-electron chi connectivity index (χ2n) is 6.14. The maximum atomic E-state index is 13.0. The quantitative estimate of drug-likeness (QED) is 0.769. The van der Waals surface area contributed by atoms with Crippen molar-refractivity contribution in [1.82, 2.24) is 20.1 Å². The number of fused-ring (bicyclic) bond motifs is 1. The van der Waals surface area contributed by atoms with Gasteiger partial charge < -0.3 is 4.90 Å². The van der Waals surface area contributed by atoms with Gasteiger partial charge in [-0.15, -0.1) is 0 Å². The average Bonchev–Trinajstić information content (AvgIpc) is 3.21. The summed E-state index contributed by atoms with van der Waals surface area (Å²) in [5.74, 6) is 0.00692. The Labute approximate surface area is 144 Å². The predicted molar refractivity (Wildman–Crippen MR) is 93.1 cm³/mol. The lowest BCUT2D eigenvalue weighted by Gasteiger charge is -2.25. The normalized spacial score (nSPS) is 17.6. The van der Waals surface area contributed by atoms with Crippen molar-refractivity contribution in [2.75, 3.05) is 6.54 Å². The number of rotatable bonds is 2. The van der Waals surface area contributed by atoms with E-state index in [0.29, 0.717) is 16.2 Å². The van der Waals surface area contributed by atoms with E-state index in [1.54, 1.807) is 6.20 Å². The molecule has 0 unspecified atom stereocenters. The Morgan fingerprint density at radius 3 is 3.08 bits per heavy atom. The van der Waals surface area contributed by atoms with Gasteiger partial charge in [-0.05, 0) is 43.5 Å². The molecule has 24 heavy (non-hydrogen) atoms. The lowest BCUT2D eigenvalue weighted by molar-refractivity contribution is 0.0735. The first-order valence-electron chi connectivity index (χ1n) is 8.00. The maximum absolute atomic E-state index is 13.0. The molecule has 1 saturated heterocycles. The van der Waals surface area contributed by atoms with Crippen molar-refractivity contribution in [3.05, 3.63) is 58.4 Å². The van der Waals surface area contributed by atoms with Gasteiger partial charge in [0.2, 0.25) is 0 Å². The third-order valence-corrected chi connectivity index (χ3v) is 4.84.